The molecule has 0 aromatic carbocycles. The maximum absolute atomic E-state index is 12.3. The van der Waals surface area contributed by atoms with Crippen LogP contribution in [-0.2, 0) is 9.53 Å². The first-order valence-electron chi connectivity index (χ1n) is 6.71. The Labute approximate surface area is 117 Å². The van der Waals surface area contributed by atoms with E-state index in [-0.39, 0.29) is 23.5 Å². The number of hydrogen-bond donors (Lipinski definition) is 1. The number of hydrogen-bond acceptors (Lipinski definition) is 5. The number of nitrogens with zero attached hydrogens (tertiary/aromatic N) is 2. The van der Waals surface area contributed by atoms with Gasteiger partial charge in [-0.25, -0.2) is 0 Å². The molecule has 0 saturated carbocycles. The lowest BCUT2D eigenvalue weighted by molar-refractivity contribution is -0.149. The lowest BCUT2D eigenvalue weighted by Crippen LogP contribution is -2.42. The Kier molecular flexibility index (Phi) is 4.55. The van der Waals surface area contributed by atoms with E-state index in [1.165, 1.54) is 18.5 Å². The van der Waals surface area contributed by atoms with Crippen LogP contribution in [0.1, 0.15) is 30.1 Å². The van der Waals surface area contributed by atoms with Gasteiger partial charge in [0.2, 0.25) is 0 Å². The molecule has 1 aromatic rings. The smallest absolute Gasteiger partial charge is 0.310 e. The van der Waals surface area contributed by atoms with Crippen molar-refractivity contribution >= 4 is 11.9 Å². The molecule has 0 spiro atoms. The standard InChI is InChI=1S/C14H18N2O4/c1-2-20-14(19)10-4-3-5-16(9-10)13(18)11-6-12(17)8-15-7-11/h6-8,10,17H,2-5,9H2,1H3/t10-/m0/s1. The predicted molar refractivity (Wildman–Crippen MR) is 71.2 cm³/mol. The number of rotatable bonds is 3. The van der Waals surface area contributed by atoms with Crippen molar-refractivity contribution in [3.63, 3.8) is 0 Å². The first-order valence-corrected chi connectivity index (χ1v) is 6.71. The molecule has 0 bridgehead atoms. The summed E-state index contributed by atoms with van der Waals surface area (Å²) in [6.07, 6.45) is 4.19. The summed E-state index contributed by atoms with van der Waals surface area (Å²) in [7, 11) is 0. The molecule has 108 valence electrons. The summed E-state index contributed by atoms with van der Waals surface area (Å²) in [6, 6.07) is 1.38. The molecular weight excluding hydrogens is 260 g/mol. The summed E-state index contributed by atoms with van der Waals surface area (Å²) < 4.78 is 5.01. The van der Waals surface area contributed by atoms with Gasteiger partial charge in [-0.05, 0) is 25.8 Å². The monoisotopic (exact) mass is 278 g/mol. The van der Waals surface area contributed by atoms with Crippen LogP contribution in [0.2, 0.25) is 0 Å². The first-order chi connectivity index (χ1) is 9.61. The van der Waals surface area contributed by atoms with Crippen molar-refractivity contribution < 1.29 is 19.4 Å². The molecule has 20 heavy (non-hydrogen) atoms. The molecule has 1 aromatic heterocycles. The third-order valence-corrected chi connectivity index (χ3v) is 3.30. The molecule has 6 nitrogen and oxygen atoms in total. The lowest BCUT2D eigenvalue weighted by Gasteiger charge is -2.31. The molecule has 1 saturated heterocycles. The van der Waals surface area contributed by atoms with E-state index in [0.717, 1.165) is 12.8 Å². The zero-order chi connectivity index (χ0) is 14.5. The van der Waals surface area contributed by atoms with E-state index in [9.17, 15) is 14.7 Å². The van der Waals surface area contributed by atoms with Crippen molar-refractivity contribution in [2.75, 3.05) is 19.7 Å². The van der Waals surface area contributed by atoms with Crippen molar-refractivity contribution in [3.8, 4) is 5.75 Å². The number of amides is 1. The summed E-state index contributed by atoms with van der Waals surface area (Å²) in [5, 5.41) is 9.36. The number of esters is 1. The largest absolute Gasteiger partial charge is 0.506 e. The zero-order valence-electron chi connectivity index (χ0n) is 11.4. The van der Waals surface area contributed by atoms with Gasteiger partial charge in [-0.2, -0.15) is 0 Å². The normalized spacial score (nSPS) is 18.6. The molecule has 2 heterocycles. The molecule has 0 unspecified atom stereocenters. The zero-order valence-corrected chi connectivity index (χ0v) is 11.4. The number of pyridine rings is 1. The van der Waals surface area contributed by atoms with Gasteiger partial charge in [-0.1, -0.05) is 0 Å². The highest BCUT2D eigenvalue weighted by Crippen LogP contribution is 2.20. The van der Waals surface area contributed by atoms with Crippen LogP contribution < -0.4 is 0 Å². The molecular formula is C14H18N2O4. The maximum Gasteiger partial charge on any atom is 0.310 e. The van der Waals surface area contributed by atoms with Gasteiger partial charge in [0.1, 0.15) is 5.75 Å². The van der Waals surface area contributed by atoms with Crippen molar-refractivity contribution in [3.05, 3.63) is 24.0 Å². The SMILES string of the molecule is CCOC(=O)[C@H]1CCCN(C(=O)c2cncc(O)c2)C1. The molecule has 1 atom stereocenters. The van der Waals surface area contributed by atoms with Crippen molar-refractivity contribution in [2.45, 2.75) is 19.8 Å². The van der Waals surface area contributed by atoms with Gasteiger partial charge in [-0.3, -0.25) is 14.6 Å². The highest BCUT2D eigenvalue weighted by Gasteiger charge is 2.29. The number of carbonyl (C=O) groups is 2. The Balaban J connectivity index is 2.05. The van der Waals surface area contributed by atoms with Crippen LogP contribution in [0, 0.1) is 5.92 Å². The third-order valence-electron chi connectivity index (χ3n) is 3.30. The third kappa shape index (κ3) is 3.26. The summed E-state index contributed by atoms with van der Waals surface area (Å²) in [5.41, 5.74) is 0.328. The topological polar surface area (TPSA) is 79.7 Å². The number of carbonyl (C=O) groups excluding carboxylic acids is 2. The summed E-state index contributed by atoms with van der Waals surface area (Å²) >= 11 is 0. The van der Waals surface area contributed by atoms with Crippen LogP contribution in [0.3, 0.4) is 0 Å². The van der Waals surface area contributed by atoms with Crippen LogP contribution in [0.15, 0.2) is 18.5 Å². The van der Waals surface area contributed by atoms with Crippen molar-refractivity contribution in [2.24, 2.45) is 5.92 Å². The Hall–Kier alpha value is -2.11. The predicted octanol–water partition coefficient (Wildman–Crippen LogP) is 1.20. The Bertz CT molecular complexity index is 504. The fraction of sp³-hybridized carbons (Fsp3) is 0.500. The van der Waals surface area contributed by atoms with E-state index in [4.69, 9.17) is 4.74 Å². The van der Waals surface area contributed by atoms with E-state index in [0.29, 0.717) is 25.3 Å². The highest BCUT2D eigenvalue weighted by atomic mass is 16.5. The average molecular weight is 278 g/mol. The van der Waals surface area contributed by atoms with Gasteiger partial charge in [0.15, 0.2) is 0 Å². The van der Waals surface area contributed by atoms with E-state index in [1.807, 2.05) is 0 Å². The molecule has 1 N–H and O–H groups in total. The van der Waals surface area contributed by atoms with Gasteiger partial charge in [-0.15, -0.1) is 0 Å². The minimum Gasteiger partial charge on any atom is -0.506 e. The molecule has 6 heteroatoms. The highest BCUT2D eigenvalue weighted by molar-refractivity contribution is 5.94. The quantitative estimate of drug-likeness (QED) is 0.840. The van der Waals surface area contributed by atoms with Crippen LogP contribution in [0.4, 0.5) is 0 Å². The second kappa shape index (κ2) is 6.36. The molecule has 1 fully saturated rings. The molecule has 1 aliphatic heterocycles. The summed E-state index contributed by atoms with van der Waals surface area (Å²) in [5.74, 6) is -0.783. The molecule has 1 amide bonds. The van der Waals surface area contributed by atoms with E-state index in [2.05, 4.69) is 4.98 Å². The second-order valence-corrected chi connectivity index (χ2v) is 4.77. The van der Waals surface area contributed by atoms with Gasteiger partial charge in [0.05, 0.1) is 24.3 Å². The number of likely N-dealkylation sites (tertiary alicyclic amines) is 1. The Morgan fingerprint density at radius 3 is 3.00 bits per heavy atom. The fourth-order valence-electron chi connectivity index (χ4n) is 2.34. The number of aromatic hydroxyl groups is 1. The van der Waals surface area contributed by atoms with Gasteiger partial charge in [0, 0.05) is 19.3 Å². The summed E-state index contributed by atoms with van der Waals surface area (Å²) in [4.78, 5) is 29.5. The van der Waals surface area contributed by atoms with Gasteiger partial charge >= 0.3 is 5.97 Å². The minimum atomic E-state index is -0.266. The number of ether oxygens (including phenoxy) is 1. The molecule has 0 radical (unpaired) electrons. The van der Waals surface area contributed by atoms with Crippen LogP contribution in [-0.4, -0.2) is 46.6 Å². The number of piperidine rings is 1. The van der Waals surface area contributed by atoms with E-state index >= 15 is 0 Å². The van der Waals surface area contributed by atoms with Gasteiger partial charge < -0.3 is 14.7 Å². The minimum absolute atomic E-state index is 0.0465. The number of aromatic nitrogens is 1. The molecule has 1 aliphatic rings. The Morgan fingerprint density at radius 1 is 1.50 bits per heavy atom. The van der Waals surface area contributed by atoms with E-state index < -0.39 is 0 Å². The Morgan fingerprint density at radius 2 is 2.30 bits per heavy atom. The van der Waals surface area contributed by atoms with Crippen molar-refractivity contribution in [1.82, 2.24) is 9.88 Å². The fourth-order valence-corrected chi connectivity index (χ4v) is 2.34. The lowest BCUT2D eigenvalue weighted by atomic mass is 9.97. The second-order valence-electron chi connectivity index (χ2n) is 4.77. The first kappa shape index (κ1) is 14.3. The van der Waals surface area contributed by atoms with E-state index in [1.54, 1.807) is 11.8 Å². The molecule has 0 aliphatic carbocycles. The van der Waals surface area contributed by atoms with Gasteiger partial charge in [0.25, 0.3) is 5.91 Å². The average Bonchev–Trinajstić information content (AvgIpc) is 2.47. The maximum atomic E-state index is 12.3. The van der Waals surface area contributed by atoms with Crippen molar-refractivity contribution in [1.29, 1.82) is 0 Å². The van der Waals surface area contributed by atoms with Crippen LogP contribution in [0.25, 0.3) is 0 Å². The van der Waals surface area contributed by atoms with Crippen LogP contribution >= 0.6 is 0 Å². The summed E-state index contributed by atoms with van der Waals surface area (Å²) in [6.45, 7) is 3.07. The van der Waals surface area contributed by atoms with Crippen LogP contribution in [0.5, 0.6) is 5.75 Å². The molecule has 2 rings (SSSR count).